The summed E-state index contributed by atoms with van der Waals surface area (Å²) in [7, 11) is 3.22. The smallest absolute Gasteiger partial charge is 0.337 e. The van der Waals surface area contributed by atoms with E-state index in [4.69, 9.17) is 18.9 Å². The predicted molar refractivity (Wildman–Crippen MR) is 168 cm³/mol. The molecule has 2 atom stereocenters. The summed E-state index contributed by atoms with van der Waals surface area (Å²) in [5.41, 5.74) is 5.44. The first-order valence-corrected chi connectivity index (χ1v) is 15.4. The van der Waals surface area contributed by atoms with Crippen molar-refractivity contribution in [1.82, 2.24) is 5.32 Å². The largest absolute Gasteiger partial charge is 0.493 e. The Kier molecular flexibility index (Phi) is 8.73. The van der Waals surface area contributed by atoms with Gasteiger partial charge >= 0.3 is 5.97 Å². The molecule has 7 heteroatoms. The summed E-state index contributed by atoms with van der Waals surface area (Å²) < 4.78 is 23.4. The second-order valence-electron chi connectivity index (χ2n) is 11.8. The van der Waals surface area contributed by atoms with Gasteiger partial charge in [-0.15, -0.1) is 0 Å². The molecule has 1 aliphatic heterocycles. The summed E-state index contributed by atoms with van der Waals surface area (Å²) >= 11 is 0. The van der Waals surface area contributed by atoms with Crippen molar-refractivity contribution in [3.8, 4) is 17.2 Å². The number of ether oxygens (including phenoxy) is 4. The summed E-state index contributed by atoms with van der Waals surface area (Å²) in [6.45, 7) is 2.27. The van der Waals surface area contributed by atoms with Crippen LogP contribution in [0.15, 0.2) is 95.3 Å². The van der Waals surface area contributed by atoms with Gasteiger partial charge in [0.25, 0.3) is 0 Å². The highest BCUT2D eigenvalue weighted by molar-refractivity contribution is 6.04. The number of ketones is 1. The Balaban J connectivity index is 1.39. The van der Waals surface area contributed by atoms with Crippen molar-refractivity contribution < 1.29 is 28.5 Å². The lowest BCUT2D eigenvalue weighted by molar-refractivity contribution is -0.144. The van der Waals surface area contributed by atoms with Gasteiger partial charge in [0.05, 0.1) is 25.7 Å². The summed E-state index contributed by atoms with van der Waals surface area (Å²) in [4.78, 5) is 28.1. The van der Waals surface area contributed by atoms with Crippen molar-refractivity contribution in [2.24, 2.45) is 0 Å². The summed E-state index contributed by atoms with van der Waals surface area (Å²) in [5, 5.41) is 3.47. The lowest BCUT2D eigenvalue weighted by atomic mass is 9.71. The fourth-order valence-corrected chi connectivity index (χ4v) is 6.77. The van der Waals surface area contributed by atoms with Crippen LogP contribution >= 0.6 is 0 Å². The van der Waals surface area contributed by atoms with Crippen molar-refractivity contribution in [2.75, 3.05) is 14.2 Å². The van der Waals surface area contributed by atoms with Crippen LogP contribution in [0.25, 0.3) is 0 Å². The topological polar surface area (TPSA) is 83.1 Å². The number of carbonyl (C=O) groups is 2. The van der Waals surface area contributed by atoms with Gasteiger partial charge in [-0.3, -0.25) is 4.79 Å². The maximum atomic E-state index is 14.2. The number of esters is 1. The molecular weight excluding hydrogens is 554 g/mol. The molecule has 1 N–H and O–H groups in total. The van der Waals surface area contributed by atoms with Gasteiger partial charge in [-0.25, -0.2) is 4.79 Å². The Morgan fingerprint density at radius 3 is 2.34 bits per heavy atom. The Morgan fingerprint density at radius 1 is 0.864 bits per heavy atom. The van der Waals surface area contributed by atoms with Crippen molar-refractivity contribution in [3.05, 3.63) is 112 Å². The van der Waals surface area contributed by atoms with Crippen LogP contribution in [0.5, 0.6) is 17.2 Å². The first kappa shape index (κ1) is 29.5. The highest BCUT2D eigenvalue weighted by atomic mass is 16.5. The summed E-state index contributed by atoms with van der Waals surface area (Å²) in [6.07, 6.45) is 4.67. The van der Waals surface area contributed by atoms with E-state index in [9.17, 15) is 9.59 Å². The third kappa shape index (κ3) is 5.96. The van der Waals surface area contributed by atoms with E-state index in [2.05, 4.69) is 5.32 Å². The van der Waals surface area contributed by atoms with Gasteiger partial charge in [0.1, 0.15) is 18.5 Å². The van der Waals surface area contributed by atoms with Gasteiger partial charge in [0, 0.05) is 29.0 Å². The minimum atomic E-state index is -0.606. The van der Waals surface area contributed by atoms with Crippen LogP contribution in [0.4, 0.5) is 0 Å². The van der Waals surface area contributed by atoms with E-state index in [1.807, 2.05) is 79.7 Å². The molecule has 1 fully saturated rings. The number of benzene rings is 3. The number of Topliss-reactive ketones (excluding diaryl/α,β-unsaturated/α-hetero) is 1. The zero-order valence-electron chi connectivity index (χ0n) is 25.6. The van der Waals surface area contributed by atoms with E-state index < -0.39 is 5.92 Å². The number of para-hydroxylation sites is 1. The number of methoxy groups -OCH3 is 2. The van der Waals surface area contributed by atoms with Crippen molar-refractivity contribution in [3.63, 3.8) is 0 Å². The van der Waals surface area contributed by atoms with Crippen LogP contribution < -0.4 is 19.5 Å². The van der Waals surface area contributed by atoms with Crippen LogP contribution in [-0.2, 0) is 20.9 Å². The lowest BCUT2D eigenvalue weighted by Gasteiger charge is -2.37. The van der Waals surface area contributed by atoms with Gasteiger partial charge < -0.3 is 24.3 Å². The molecule has 1 heterocycles. The third-order valence-corrected chi connectivity index (χ3v) is 8.97. The minimum absolute atomic E-state index is 0.0000590. The summed E-state index contributed by atoms with van der Waals surface area (Å²) in [5.74, 6) is 0.884. The Morgan fingerprint density at radius 2 is 1.59 bits per heavy atom. The van der Waals surface area contributed by atoms with Gasteiger partial charge in [-0.1, -0.05) is 54.6 Å². The number of carbonyl (C=O) groups excluding carboxylic acids is 2. The van der Waals surface area contributed by atoms with Crippen LogP contribution in [0.3, 0.4) is 0 Å². The first-order valence-electron chi connectivity index (χ1n) is 15.4. The zero-order chi connectivity index (χ0) is 30.6. The molecule has 44 heavy (non-hydrogen) atoms. The van der Waals surface area contributed by atoms with Gasteiger partial charge in [0.2, 0.25) is 0 Å². The van der Waals surface area contributed by atoms with Gasteiger partial charge in [0.15, 0.2) is 17.3 Å². The van der Waals surface area contributed by atoms with Crippen LogP contribution in [-0.4, -0.2) is 32.1 Å². The third-order valence-electron chi connectivity index (χ3n) is 8.97. The molecule has 0 aromatic heterocycles. The van der Waals surface area contributed by atoms with Crippen LogP contribution in [0.2, 0.25) is 0 Å². The molecule has 0 saturated heterocycles. The fraction of sp³-hybridized carbons (Fsp3) is 0.351. The number of allylic oxidation sites excluding steroid dienone is 3. The monoisotopic (exact) mass is 593 g/mol. The molecule has 6 rings (SSSR count). The average Bonchev–Trinajstić information content (AvgIpc) is 3.56. The molecule has 3 aromatic rings. The Labute approximate surface area is 258 Å². The number of hydrogen-bond acceptors (Lipinski definition) is 7. The second-order valence-corrected chi connectivity index (χ2v) is 11.8. The van der Waals surface area contributed by atoms with Crippen LogP contribution in [0.1, 0.15) is 74.0 Å². The Hall–Kier alpha value is -4.52. The molecule has 2 unspecified atom stereocenters. The maximum Gasteiger partial charge on any atom is 0.337 e. The predicted octanol–water partition coefficient (Wildman–Crippen LogP) is 7.13. The molecular formula is C37H39NO6. The molecule has 0 spiro atoms. The second kappa shape index (κ2) is 13.0. The molecule has 1 saturated carbocycles. The van der Waals surface area contributed by atoms with E-state index in [0.29, 0.717) is 53.5 Å². The van der Waals surface area contributed by atoms with E-state index in [-0.39, 0.29) is 23.8 Å². The van der Waals surface area contributed by atoms with E-state index in [1.54, 1.807) is 14.2 Å². The standard InChI is InChI=1S/C37H39NO6/c1-23-34(37(40)44-27-13-7-8-14-27)35(28-15-9-10-16-31(28)43-22-24-11-5-4-6-12-24)36-29(38-23)19-26(20-30(36)39)25-17-18-32(41-2)33(21-25)42-3/h4-6,9-12,15-18,21,26-27,35,38H,7-8,13-14,19-20,22H2,1-3H3. The SMILES string of the molecule is COc1ccc(C2CC(=O)C3=C(C2)NC(C)=C(C(=O)OC2CCCC2)C3c2ccccc2OCc2ccccc2)cc1OC. The van der Waals surface area contributed by atoms with E-state index in [1.165, 1.54) is 0 Å². The number of nitrogens with one attached hydrogen (secondary N) is 1. The maximum absolute atomic E-state index is 14.2. The fourth-order valence-electron chi connectivity index (χ4n) is 6.77. The molecule has 0 bridgehead atoms. The summed E-state index contributed by atoms with van der Waals surface area (Å²) in [6, 6.07) is 23.5. The van der Waals surface area contributed by atoms with Gasteiger partial charge in [-0.2, -0.15) is 0 Å². The highest BCUT2D eigenvalue weighted by Crippen LogP contribution is 2.48. The Bertz CT molecular complexity index is 1600. The van der Waals surface area contributed by atoms with Crippen molar-refractivity contribution >= 4 is 11.8 Å². The molecule has 7 nitrogen and oxygen atoms in total. The average molecular weight is 594 g/mol. The van der Waals surface area contributed by atoms with E-state index >= 15 is 0 Å². The van der Waals surface area contributed by atoms with Crippen molar-refractivity contribution in [1.29, 1.82) is 0 Å². The number of rotatable bonds is 9. The van der Waals surface area contributed by atoms with E-state index in [0.717, 1.165) is 48.1 Å². The quantitative estimate of drug-likeness (QED) is 0.264. The first-order chi connectivity index (χ1) is 21.5. The normalized spacial score (nSPS) is 20.2. The molecule has 3 aromatic carbocycles. The molecule has 0 amide bonds. The number of hydrogen-bond donors (Lipinski definition) is 1. The van der Waals surface area contributed by atoms with Crippen molar-refractivity contribution in [2.45, 2.75) is 70.0 Å². The lowest BCUT2D eigenvalue weighted by Crippen LogP contribution is -2.36. The number of dihydropyridines is 1. The van der Waals surface area contributed by atoms with Gasteiger partial charge in [-0.05, 0) is 74.3 Å². The highest BCUT2D eigenvalue weighted by Gasteiger charge is 2.43. The molecule has 2 aliphatic carbocycles. The minimum Gasteiger partial charge on any atom is -0.493 e. The molecule has 3 aliphatic rings. The van der Waals surface area contributed by atoms with Crippen LogP contribution in [0, 0.1) is 0 Å². The zero-order valence-corrected chi connectivity index (χ0v) is 25.6. The molecule has 228 valence electrons. The molecule has 0 radical (unpaired) electrons.